The van der Waals surface area contributed by atoms with Crippen molar-refractivity contribution < 1.29 is 18.1 Å². The van der Waals surface area contributed by atoms with Crippen LogP contribution in [0, 0.1) is 0 Å². The molecule has 2 heterocycles. The summed E-state index contributed by atoms with van der Waals surface area (Å²) in [6.07, 6.45) is 0.698. The van der Waals surface area contributed by atoms with Crippen molar-refractivity contribution >= 4 is 21.6 Å². The lowest BCUT2D eigenvalue weighted by Crippen LogP contribution is -3.13. The first-order valence-electron chi connectivity index (χ1n) is 11.4. The minimum atomic E-state index is -3.72. The van der Waals surface area contributed by atoms with Gasteiger partial charge in [-0.25, -0.2) is 8.42 Å². The molecule has 1 fully saturated rings. The first kappa shape index (κ1) is 21.7. The van der Waals surface area contributed by atoms with Crippen molar-refractivity contribution in [2.45, 2.75) is 17.9 Å². The molecular formula is C26H28N3O3S+. The van der Waals surface area contributed by atoms with Crippen molar-refractivity contribution in [1.82, 2.24) is 4.90 Å². The summed E-state index contributed by atoms with van der Waals surface area (Å²) in [6, 6.07) is 24.5. The molecule has 3 aromatic rings. The predicted octanol–water partition coefficient (Wildman–Crippen LogP) is 1.98. The highest BCUT2D eigenvalue weighted by Crippen LogP contribution is 2.32. The number of hydrogen-bond acceptors (Lipinski definition) is 3. The molecule has 0 bridgehead atoms. The van der Waals surface area contributed by atoms with Crippen LogP contribution in [0.5, 0.6) is 0 Å². The summed E-state index contributed by atoms with van der Waals surface area (Å²) >= 11 is 0. The van der Waals surface area contributed by atoms with Crippen molar-refractivity contribution in [3.05, 3.63) is 95.6 Å². The summed E-state index contributed by atoms with van der Waals surface area (Å²) in [6.45, 7) is 4.46. The minimum absolute atomic E-state index is 0.104. The highest BCUT2D eigenvalue weighted by Gasteiger charge is 2.31. The van der Waals surface area contributed by atoms with Gasteiger partial charge in [-0.05, 0) is 36.2 Å². The molecule has 0 aromatic heterocycles. The molecule has 1 saturated heterocycles. The van der Waals surface area contributed by atoms with E-state index in [0.29, 0.717) is 31.6 Å². The lowest BCUT2D eigenvalue weighted by atomic mass is 10.1. The molecular weight excluding hydrogens is 434 g/mol. The van der Waals surface area contributed by atoms with Crippen LogP contribution in [0.1, 0.15) is 21.5 Å². The Bertz CT molecular complexity index is 1250. The lowest BCUT2D eigenvalue weighted by Gasteiger charge is -2.32. The molecule has 2 aliphatic heterocycles. The number of carbonyl (C=O) groups is 1. The number of fused-ring (bicyclic) bond motifs is 1. The van der Waals surface area contributed by atoms with E-state index in [2.05, 4.69) is 24.3 Å². The Morgan fingerprint density at radius 2 is 1.58 bits per heavy atom. The number of para-hydroxylation sites is 1. The highest BCUT2D eigenvalue weighted by atomic mass is 32.2. The van der Waals surface area contributed by atoms with Gasteiger partial charge in [0.05, 0.1) is 36.8 Å². The van der Waals surface area contributed by atoms with Crippen LogP contribution in [0.25, 0.3) is 0 Å². The summed E-state index contributed by atoms with van der Waals surface area (Å²) in [4.78, 5) is 16.6. The Hall–Kier alpha value is -3.16. The van der Waals surface area contributed by atoms with Gasteiger partial charge < -0.3 is 9.80 Å². The number of amides is 1. The standard InChI is InChI=1S/C26H27N3O3S/c30-26(28-17-15-27(16-18-28)20-21-7-2-1-3-8-21)23-10-6-11-24(19-23)33(31,32)29-14-13-22-9-4-5-12-25(22)29/h1-12,19H,13-18,20H2/p+1. The number of piperazine rings is 1. The Labute approximate surface area is 195 Å². The smallest absolute Gasteiger partial charge is 0.264 e. The number of nitrogens with zero attached hydrogens (tertiary/aromatic N) is 2. The largest absolute Gasteiger partial charge is 0.328 e. The van der Waals surface area contributed by atoms with Crippen LogP contribution in [0.3, 0.4) is 0 Å². The quantitative estimate of drug-likeness (QED) is 0.631. The van der Waals surface area contributed by atoms with Crippen molar-refractivity contribution in [2.24, 2.45) is 0 Å². The number of rotatable bonds is 5. The third-order valence-corrected chi connectivity index (χ3v) is 8.38. The van der Waals surface area contributed by atoms with Gasteiger partial charge in [0.15, 0.2) is 0 Å². The molecule has 0 atom stereocenters. The molecule has 1 N–H and O–H groups in total. The van der Waals surface area contributed by atoms with E-state index in [1.54, 1.807) is 18.2 Å². The topological polar surface area (TPSA) is 62.1 Å². The monoisotopic (exact) mass is 462 g/mol. The first-order valence-corrected chi connectivity index (χ1v) is 12.8. The van der Waals surface area contributed by atoms with Crippen LogP contribution in [-0.4, -0.2) is 51.9 Å². The highest BCUT2D eigenvalue weighted by molar-refractivity contribution is 7.92. The van der Waals surface area contributed by atoms with E-state index >= 15 is 0 Å². The van der Waals surface area contributed by atoms with Gasteiger partial charge in [0, 0.05) is 17.7 Å². The second kappa shape index (κ2) is 9.00. The molecule has 33 heavy (non-hydrogen) atoms. The summed E-state index contributed by atoms with van der Waals surface area (Å²) in [5.74, 6) is -0.104. The molecule has 7 heteroatoms. The first-order chi connectivity index (χ1) is 16.0. The van der Waals surface area contributed by atoms with E-state index in [-0.39, 0.29) is 10.8 Å². The van der Waals surface area contributed by atoms with Crippen LogP contribution in [0.2, 0.25) is 0 Å². The van der Waals surface area contributed by atoms with Gasteiger partial charge in [-0.3, -0.25) is 9.10 Å². The Balaban J connectivity index is 1.28. The third kappa shape index (κ3) is 4.38. The minimum Gasteiger partial charge on any atom is -0.328 e. The van der Waals surface area contributed by atoms with Gasteiger partial charge >= 0.3 is 0 Å². The molecule has 0 aliphatic carbocycles. The number of nitrogens with one attached hydrogen (secondary N) is 1. The van der Waals surface area contributed by atoms with Gasteiger partial charge in [-0.15, -0.1) is 0 Å². The average molecular weight is 463 g/mol. The second-order valence-corrected chi connectivity index (χ2v) is 10.6. The number of quaternary nitrogens is 1. The number of anilines is 1. The van der Waals surface area contributed by atoms with Crippen LogP contribution in [-0.2, 0) is 23.0 Å². The van der Waals surface area contributed by atoms with E-state index in [0.717, 1.165) is 30.9 Å². The van der Waals surface area contributed by atoms with Gasteiger partial charge in [-0.2, -0.15) is 0 Å². The maximum atomic E-state index is 13.4. The summed E-state index contributed by atoms with van der Waals surface area (Å²) < 4.78 is 28.2. The van der Waals surface area contributed by atoms with Crippen LogP contribution < -0.4 is 9.21 Å². The van der Waals surface area contributed by atoms with Crippen LogP contribution >= 0.6 is 0 Å². The van der Waals surface area contributed by atoms with Crippen molar-refractivity contribution in [1.29, 1.82) is 0 Å². The Morgan fingerprint density at radius 1 is 0.848 bits per heavy atom. The van der Waals surface area contributed by atoms with E-state index in [1.165, 1.54) is 20.8 Å². The molecule has 1 amide bonds. The van der Waals surface area contributed by atoms with Crippen LogP contribution in [0.15, 0.2) is 83.8 Å². The van der Waals surface area contributed by atoms with E-state index < -0.39 is 10.0 Å². The van der Waals surface area contributed by atoms with Crippen LogP contribution in [0.4, 0.5) is 5.69 Å². The van der Waals surface area contributed by atoms with Gasteiger partial charge in [0.1, 0.15) is 6.54 Å². The van der Waals surface area contributed by atoms with Gasteiger partial charge in [-0.1, -0.05) is 54.6 Å². The normalized spacial score (nSPS) is 16.6. The van der Waals surface area contributed by atoms with Crippen molar-refractivity contribution in [2.75, 3.05) is 37.0 Å². The van der Waals surface area contributed by atoms with Crippen molar-refractivity contribution in [3.8, 4) is 0 Å². The lowest BCUT2D eigenvalue weighted by molar-refractivity contribution is -0.917. The van der Waals surface area contributed by atoms with Crippen molar-refractivity contribution in [3.63, 3.8) is 0 Å². The SMILES string of the molecule is O=C(c1cccc(S(=O)(=O)N2CCc3ccccc32)c1)N1CC[NH+](Cc2ccccc2)CC1. The molecule has 0 unspecified atom stereocenters. The van der Waals surface area contributed by atoms with Gasteiger partial charge in [0.2, 0.25) is 0 Å². The molecule has 5 rings (SSSR count). The summed E-state index contributed by atoms with van der Waals surface area (Å²) in [5.41, 5.74) is 3.49. The van der Waals surface area contributed by atoms with E-state index in [9.17, 15) is 13.2 Å². The zero-order chi connectivity index (χ0) is 22.8. The molecule has 6 nitrogen and oxygen atoms in total. The molecule has 0 radical (unpaired) electrons. The number of carbonyl (C=O) groups excluding carboxylic acids is 1. The molecule has 0 spiro atoms. The average Bonchev–Trinajstić information content (AvgIpc) is 3.30. The summed E-state index contributed by atoms with van der Waals surface area (Å²) in [7, 11) is -3.72. The van der Waals surface area contributed by atoms with E-state index in [1.807, 2.05) is 35.2 Å². The number of hydrogen-bond donors (Lipinski definition) is 1. The predicted molar refractivity (Wildman–Crippen MR) is 128 cm³/mol. The summed E-state index contributed by atoms with van der Waals surface area (Å²) in [5, 5.41) is 0. The van der Waals surface area contributed by atoms with Gasteiger partial charge in [0.25, 0.3) is 15.9 Å². The van der Waals surface area contributed by atoms with E-state index in [4.69, 9.17) is 0 Å². The number of sulfonamides is 1. The molecule has 2 aliphatic rings. The number of benzene rings is 3. The fraction of sp³-hybridized carbons (Fsp3) is 0.269. The fourth-order valence-corrected chi connectivity index (χ4v) is 6.29. The maximum absolute atomic E-state index is 13.4. The molecule has 0 saturated carbocycles. The molecule has 170 valence electrons. The second-order valence-electron chi connectivity index (χ2n) is 8.69. The molecule has 3 aromatic carbocycles. The third-order valence-electron chi connectivity index (χ3n) is 6.57. The maximum Gasteiger partial charge on any atom is 0.264 e. The Kier molecular flexibility index (Phi) is 5.91. The Morgan fingerprint density at radius 3 is 2.36 bits per heavy atom. The zero-order valence-electron chi connectivity index (χ0n) is 18.5. The fourth-order valence-electron chi connectivity index (χ4n) is 4.74. The zero-order valence-corrected chi connectivity index (χ0v) is 19.3.